The molecule has 0 atom stereocenters. The van der Waals surface area contributed by atoms with Crippen molar-refractivity contribution in [1.82, 2.24) is 0 Å². The fraction of sp³-hybridized carbons (Fsp3) is 0.0137. The molecule has 0 aliphatic carbocycles. The van der Waals surface area contributed by atoms with Gasteiger partial charge in [0.1, 0.15) is 0 Å². The molecule has 0 spiro atoms. The molecule has 0 amide bonds. The van der Waals surface area contributed by atoms with Gasteiger partial charge in [-0.1, -0.05) is 199 Å². The second kappa shape index (κ2) is 16.7. The van der Waals surface area contributed by atoms with Gasteiger partial charge in [-0.3, -0.25) is 0 Å². The molecule has 7 heteroatoms. The van der Waals surface area contributed by atoms with E-state index in [1.54, 1.807) is 0 Å². The maximum atomic E-state index is 11.2. The molecule has 80 heavy (non-hydrogen) atoms. The predicted molar refractivity (Wildman–Crippen MR) is 337 cm³/mol. The van der Waals surface area contributed by atoms with Gasteiger partial charge >= 0.3 is 0 Å². The van der Waals surface area contributed by atoms with E-state index in [1.807, 2.05) is 0 Å². The van der Waals surface area contributed by atoms with Crippen LogP contribution in [0, 0.1) is 29.6 Å². The lowest BCUT2D eigenvalue weighted by Gasteiger charge is -2.43. The van der Waals surface area contributed by atoms with Gasteiger partial charge in [-0.25, -0.2) is 0 Å². The summed E-state index contributed by atoms with van der Waals surface area (Å²) in [6, 6.07) is 97.4. The number of fused-ring (bicyclic) bond motifs is 8. The highest BCUT2D eigenvalue weighted by Gasteiger charge is 2.49. The van der Waals surface area contributed by atoms with E-state index in [0.29, 0.717) is 11.1 Å². The van der Waals surface area contributed by atoms with Crippen LogP contribution in [0.5, 0.6) is 0 Å². The first-order valence-corrected chi connectivity index (χ1v) is 29.6. The summed E-state index contributed by atoms with van der Waals surface area (Å²) in [5.41, 5.74) is 20.9. The van der Waals surface area contributed by atoms with E-state index in [9.17, 15) is 10.5 Å². The average Bonchev–Trinajstić information content (AvgIpc) is 1.74. The van der Waals surface area contributed by atoms with Crippen LogP contribution in [0.3, 0.4) is 0 Å². The van der Waals surface area contributed by atoms with Crippen molar-refractivity contribution < 1.29 is 0 Å². The molecule has 13 aromatic rings. The summed E-state index contributed by atoms with van der Waals surface area (Å²) in [5, 5.41) is 34.9. The number of anilines is 6. The van der Waals surface area contributed by atoms with Crippen molar-refractivity contribution in [2.75, 3.05) is 9.80 Å². The topological polar surface area (TPSA) is 54.1 Å². The molecule has 0 bridgehead atoms. The monoisotopic (exact) mass is 1030 g/mol. The Labute approximate surface area is 465 Å². The highest BCUT2D eigenvalue weighted by Crippen LogP contribution is 2.49. The van der Waals surface area contributed by atoms with Crippen LogP contribution in [-0.4, -0.2) is 21.5 Å². The Morgan fingerprint density at radius 3 is 1.19 bits per heavy atom. The molecule has 0 saturated carbocycles. The molecule has 17 rings (SSSR count). The molecular weight excluding hydrogens is 983 g/mol. The van der Waals surface area contributed by atoms with Gasteiger partial charge in [-0.15, -0.1) is 0 Å². The van der Waals surface area contributed by atoms with E-state index in [2.05, 4.69) is 278 Å². The van der Waals surface area contributed by atoms with Crippen molar-refractivity contribution >= 4 is 141 Å². The summed E-state index contributed by atoms with van der Waals surface area (Å²) in [5.74, 6) is 0. The van der Waals surface area contributed by atoms with Crippen LogP contribution in [0.15, 0.2) is 249 Å². The zero-order valence-electron chi connectivity index (χ0n) is 43.6. The van der Waals surface area contributed by atoms with E-state index in [1.165, 1.54) is 91.4 Å². The van der Waals surface area contributed by atoms with Crippen molar-refractivity contribution in [3.8, 4) is 34.4 Å². The number of aryl methyl sites for hydroxylation is 1. The first kappa shape index (κ1) is 44.9. The molecule has 4 heterocycles. The highest BCUT2D eigenvalue weighted by atomic mass is 28.3. The van der Waals surface area contributed by atoms with Gasteiger partial charge in [0.05, 0.1) is 23.3 Å². The van der Waals surface area contributed by atoms with Crippen LogP contribution in [0.4, 0.5) is 34.1 Å². The minimum absolute atomic E-state index is 0.129. The van der Waals surface area contributed by atoms with Crippen molar-refractivity contribution in [3.63, 3.8) is 0 Å². The van der Waals surface area contributed by atoms with E-state index in [4.69, 9.17) is 0 Å². The molecule has 13 aromatic carbocycles. The summed E-state index contributed by atoms with van der Waals surface area (Å²) < 4.78 is 0. The number of rotatable bonds is 6. The molecule has 4 aliphatic rings. The first-order valence-electron chi connectivity index (χ1n) is 27.6. The molecule has 0 radical (unpaired) electrons. The lowest BCUT2D eigenvalue weighted by molar-refractivity contribution is 1.29. The molecule has 0 saturated heterocycles. The average molecular weight is 1030 g/mol. The van der Waals surface area contributed by atoms with Crippen LogP contribution in [0.25, 0.3) is 54.6 Å². The zero-order valence-corrected chi connectivity index (χ0v) is 44.6. The number of para-hydroxylation sites is 4. The van der Waals surface area contributed by atoms with Crippen LogP contribution in [0.2, 0.25) is 0 Å². The summed E-state index contributed by atoms with van der Waals surface area (Å²) in [6.45, 7) is 2.02. The van der Waals surface area contributed by atoms with Gasteiger partial charge in [0.15, 0.2) is 8.07 Å². The minimum Gasteiger partial charge on any atom is -0.311 e. The summed E-state index contributed by atoms with van der Waals surface area (Å²) in [4.78, 5) is 4.78. The maximum absolute atomic E-state index is 11.2. The lowest BCUT2D eigenvalue weighted by Crippen LogP contribution is -2.75. The third kappa shape index (κ3) is 5.84. The SMILES string of the molecule is Cc1cc2c3c(cc4c([Si](c5ccccc5)(c5ccccc5)c5ccccc5)cc5c6c(cc1c3c46)B1c3ccccc3N(c3ccccc3)c3cc(C#N)cc-5c31)B1c3ccccc3N(c3ccccc3)c3cc(C#N)cc-2c31. The molecule has 4 nitrogen and oxygen atoms in total. The summed E-state index contributed by atoms with van der Waals surface area (Å²) >= 11 is 0. The number of nitrogens with zero attached hydrogens (tertiary/aromatic N) is 4. The Bertz CT molecular complexity index is 4790. The van der Waals surface area contributed by atoms with Crippen molar-refractivity contribution in [3.05, 3.63) is 265 Å². The molecule has 0 fully saturated rings. The number of hydrogen-bond acceptors (Lipinski definition) is 4. The quantitative estimate of drug-likeness (QED) is 0.0946. The number of hydrogen-bond donors (Lipinski definition) is 0. The fourth-order valence-electron chi connectivity index (χ4n) is 15.3. The second-order valence-corrected chi connectivity index (χ2v) is 25.8. The van der Waals surface area contributed by atoms with Crippen LogP contribution < -0.4 is 63.3 Å². The number of nitriles is 2. The fourth-order valence-corrected chi connectivity index (χ4v) is 20.3. The Kier molecular flexibility index (Phi) is 9.36. The largest absolute Gasteiger partial charge is 0.311 e. The van der Waals surface area contributed by atoms with Gasteiger partial charge in [-0.05, 0) is 170 Å². The maximum Gasteiger partial charge on any atom is 0.248 e. The molecule has 366 valence electrons. The highest BCUT2D eigenvalue weighted by molar-refractivity contribution is 7.21. The van der Waals surface area contributed by atoms with Crippen LogP contribution >= 0.6 is 0 Å². The first-order chi connectivity index (χ1) is 39.5. The Balaban J connectivity index is 1.12. The minimum atomic E-state index is -3.33. The smallest absolute Gasteiger partial charge is 0.248 e. The summed E-state index contributed by atoms with van der Waals surface area (Å²) in [6.07, 6.45) is 0. The van der Waals surface area contributed by atoms with Gasteiger partial charge in [0.25, 0.3) is 0 Å². The normalized spacial score (nSPS) is 13.2. The number of benzene rings is 13. The molecule has 4 aliphatic heterocycles. The standard InChI is InChI=1S/C73H44B2N4Si/c1-45-35-54-56-36-46(43-76)38-65-72(56)75(60-32-18-20-34-64(60)78(65)48-21-7-2-8-22-48)62-41-58-67(80(50-25-11-4-12-26-50,51-27-13-5-14-28-51)52-29-15-6-16-30-52)42-55-57-37-47(44-77)39-66-73(57)74(61-40-53(45)70(68(54)62)71(58)69(55)61)59-31-17-19-33-63(59)79(66)49-23-9-3-10-24-49/h2-42H,1H3. The van der Waals surface area contributed by atoms with Gasteiger partial charge in [0.2, 0.25) is 13.4 Å². The van der Waals surface area contributed by atoms with Gasteiger partial charge in [0, 0.05) is 34.1 Å². The zero-order chi connectivity index (χ0) is 53.0. The molecule has 0 unspecified atom stereocenters. The van der Waals surface area contributed by atoms with E-state index >= 15 is 0 Å². The van der Waals surface area contributed by atoms with Crippen molar-refractivity contribution in [1.29, 1.82) is 10.5 Å². The third-order valence-corrected chi connectivity index (χ3v) is 23.1. The van der Waals surface area contributed by atoms with E-state index in [-0.39, 0.29) is 13.4 Å². The Morgan fingerprint density at radius 1 is 0.350 bits per heavy atom. The summed E-state index contributed by atoms with van der Waals surface area (Å²) in [7, 11) is -3.33. The third-order valence-electron chi connectivity index (χ3n) is 18.2. The van der Waals surface area contributed by atoms with Crippen molar-refractivity contribution in [2.24, 2.45) is 0 Å². The molecular formula is C73H44B2N4Si. The van der Waals surface area contributed by atoms with Crippen LogP contribution in [-0.2, 0) is 0 Å². The molecule has 0 aromatic heterocycles. The Hall–Kier alpha value is -10.2. The second-order valence-electron chi connectivity index (χ2n) is 22.0. The van der Waals surface area contributed by atoms with E-state index in [0.717, 1.165) is 56.4 Å². The Morgan fingerprint density at radius 2 is 0.738 bits per heavy atom. The lowest BCUT2D eigenvalue weighted by atomic mass is 9.31. The molecule has 0 N–H and O–H groups in total. The van der Waals surface area contributed by atoms with E-state index < -0.39 is 8.07 Å². The van der Waals surface area contributed by atoms with Crippen LogP contribution in [0.1, 0.15) is 16.7 Å². The van der Waals surface area contributed by atoms with Crippen molar-refractivity contribution in [2.45, 2.75) is 6.92 Å². The van der Waals surface area contributed by atoms with Gasteiger partial charge in [-0.2, -0.15) is 10.5 Å². The van der Waals surface area contributed by atoms with Gasteiger partial charge < -0.3 is 9.80 Å². The predicted octanol–water partition coefficient (Wildman–Crippen LogP) is 10.6.